The van der Waals surface area contributed by atoms with Gasteiger partial charge in [-0.15, -0.1) is 0 Å². The topological polar surface area (TPSA) is 70.2 Å². The van der Waals surface area contributed by atoms with E-state index in [9.17, 15) is 13.6 Å². The molecule has 7 heteroatoms. The number of hydrogen-bond acceptors (Lipinski definition) is 5. The molecule has 0 unspecified atom stereocenters. The number of hydrogen-bond donors (Lipinski definition) is 1. The number of anilines is 1. The van der Waals surface area contributed by atoms with Crippen molar-refractivity contribution in [2.24, 2.45) is 0 Å². The van der Waals surface area contributed by atoms with Gasteiger partial charge in [0.15, 0.2) is 11.5 Å². The molecule has 0 aliphatic carbocycles. The van der Waals surface area contributed by atoms with E-state index in [0.29, 0.717) is 16.7 Å². The van der Waals surface area contributed by atoms with Gasteiger partial charge in [0.05, 0.1) is 0 Å². The molecule has 1 N–H and O–H groups in total. The third kappa shape index (κ3) is 5.04. The first-order valence-electron chi connectivity index (χ1n) is 11.0. The Labute approximate surface area is 202 Å². The third-order valence-electron chi connectivity index (χ3n) is 5.69. The zero-order valence-electron chi connectivity index (χ0n) is 19.9. The molecule has 0 bridgehead atoms. The normalized spacial score (nSPS) is 11.4. The van der Waals surface area contributed by atoms with Crippen LogP contribution in [0.5, 0.6) is 0 Å². The smallest absolute Gasteiger partial charge is 0.270 e. The number of aromatic nitrogens is 1. The lowest BCUT2D eigenvalue weighted by Gasteiger charge is -2.12. The van der Waals surface area contributed by atoms with Gasteiger partial charge in [0.1, 0.15) is 5.71 Å². The van der Waals surface area contributed by atoms with Crippen molar-refractivity contribution in [1.29, 1.82) is 5.41 Å². The van der Waals surface area contributed by atoms with Gasteiger partial charge in [-0.3, -0.25) is 10.2 Å². The van der Waals surface area contributed by atoms with Crippen LogP contribution in [0.15, 0.2) is 77.2 Å². The molecule has 0 aliphatic heterocycles. The molecule has 0 saturated heterocycles. The standard InChI is InChI=1S/C28H25F2N3O2/c1-17-5-7-18(8-6-17)23(31)25(34)24-26(19-11-15-22(16-12-19)33(3)4)35-27(32-24)20-9-13-21(14-10-20)28(2,29)30/h5-16,31H,1-4H3. The van der Waals surface area contributed by atoms with E-state index in [1.165, 1.54) is 24.3 Å². The Morgan fingerprint density at radius 1 is 0.914 bits per heavy atom. The molecule has 35 heavy (non-hydrogen) atoms. The summed E-state index contributed by atoms with van der Waals surface area (Å²) in [6.07, 6.45) is 0. The molecule has 0 radical (unpaired) electrons. The van der Waals surface area contributed by atoms with E-state index in [0.717, 1.165) is 18.2 Å². The molecule has 178 valence electrons. The molecule has 5 nitrogen and oxygen atoms in total. The number of rotatable bonds is 7. The summed E-state index contributed by atoms with van der Waals surface area (Å²) in [7, 11) is 3.84. The summed E-state index contributed by atoms with van der Waals surface area (Å²) in [5.41, 5.74) is 3.16. The van der Waals surface area contributed by atoms with Crippen molar-refractivity contribution in [3.8, 4) is 22.8 Å². The lowest BCUT2D eigenvalue weighted by Crippen LogP contribution is -2.16. The minimum Gasteiger partial charge on any atom is -0.435 e. The zero-order valence-corrected chi connectivity index (χ0v) is 19.9. The van der Waals surface area contributed by atoms with E-state index in [-0.39, 0.29) is 28.6 Å². The fourth-order valence-corrected chi connectivity index (χ4v) is 3.58. The number of alkyl halides is 2. The lowest BCUT2D eigenvalue weighted by molar-refractivity contribution is 0.0175. The highest BCUT2D eigenvalue weighted by atomic mass is 19.3. The van der Waals surface area contributed by atoms with Crippen LogP contribution in [0.3, 0.4) is 0 Å². The summed E-state index contributed by atoms with van der Waals surface area (Å²) in [6.45, 7) is 2.75. The van der Waals surface area contributed by atoms with Crippen LogP contribution in [-0.2, 0) is 5.92 Å². The highest BCUT2D eigenvalue weighted by Crippen LogP contribution is 2.33. The number of carbonyl (C=O) groups is 1. The molecule has 0 atom stereocenters. The number of Topliss-reactive ketones (excluding diaryl/α,β-unsaturated/α-hetero) is 1. The maximum absolute atomic E-state index is 13.6. The van der Waals surface area contributed by atoms with Gasteiger partial charge in [-0.1, -0.05) is 42.0 Å². The van der Waals surface area contributed by atoms with Crippen LogP contribution in [0, 0.1) is 12.3 Å². The van der Waals surface area contributed by atoms with Crippen molar-refractivity contribution in [3.05, 3.63) is 95.2 Å². The highest BCUT2D eigenvalue weighted by Gasteiger charge is 2.27. The van der Waals surface area contributed by atoms with Gasteiger partial charge in [0.2, 0.25) is 11.7 Å². The summed E-state index contributed by atoms with van der Waals surface area (Å²) in [4.78, 5) is 19.7. The van der Waals surface area contributed by atoms with Crippen LogP contribution < -0.4 is 4.90 Å². The minimum atomic E-state index is -2.97. The average Bonchev–Trinajstić information content (AvgIpc) is 3.29. The zero-order chi connectivity index (χ0) is 25.3. The van der Waals surface area contributed by atoms with E-state index >= 15 is 0 Å². The first kappa shape index (κ1) is 24.0. The number of aryl methyl sites for hydroxylation is 1. The summed E-state index contributed by atoms with van der Waals surface area (Å²) in [5.74, 6) is -3.23. The number of ketones is 1. The second kappa shape index (κ2) is 9.25. The number of benzene rings is 3. The van der Waals surface area contributed by atoms with Crippen LogP contribution >= 0.6 is 0 Å². The first-order chi connectivity index (χ1) is 16.5. The van der Waals surface area contributed by atoms with Gasteiger partial charge < -0.3 is 9.32 Å². The maximum atomic E-state index is 13.6. The van der Waals surface area contributed by atoms with Gasteiger partial charge in [0.25, 0.3) is 5.92 Å². The largest absolute Gasteiger partial charge is 0.435 e. The molecule has 0 saturated carbocycles. The highest BCUT2D eigenvalue weighted by molar-refractivity contribution is 6.50. The number of oxazole rings is 1. The summed E-state index contributed by atoms with van der Waals surface area (Å²) >= 11 is 0. The van der Waals surface area contributed by atoms with Crippen molar-refractivity contribution in [1.82, 2.24) is 4.98 Å². The van der Waals surface area contributed by atoms with Gasteiger partial charge in [0, 0.05) is 49.0 Å². The molecule has 0 amide bonds. The van der Waals surface area contributed by atoms with Crippen molar-refractivity contribution in [2.45, 2.75) is 19.8 Å². The quantitative estimate of drug-likeness (QED) is 0.238. The van der Waals surface area contributed by atoms with Crippen LogP contribution in [0.4, 0.5) is 14.5 Å². The van der Waals surface area contributed by atoms with E-state index in [1.54, 1.807) is 12.1 Å². The van der Waals surface area contributed by atoms with E-state index in [2.05, 4.69) is 4.98 Å². The second-order valence-corrected chi connectivity index (χ2v) is 8.67. The van der Waals surface area contributed by atoms with Crippen molar-refractivity contribution in [2.75, 3.05) is 19.0 Å². The summed E-state index contributed by atoms with van der Waals surface area (Å²) in [5, 5.41) is 8.48. The minimum absolute atomic E-state index is 0.00641. The molecule has 4 aromatic rings. The molecule has 3 aromatic carbocycles. The Hall–Kier alpha value is -4.13. The third-order valence-corrected chi connectivity index (χ3v) is 5.69. The van der Waals surface area contributed by atoms with Crippen LogP contribution in [0.25, 0.3) is 22.8 Å². The van der Waals surface area contributed by atoms with Gasteiger partial charge >= 0.3 is 0 Å². The number of carbonyl (C=O) groups excluding carboxylic acids is 1. The fourth-order valence-electron chi connectivity index (χ4n) is 3.58. The Kier molecular flexibility index (Phi) is 6.35. The Bertz CT molecular complexity index is 1370. The van der Waals surface area contributed by atoms with Crippen molar-refractivity contribution >= 4 is 17.2 Å². The Morgan fingerprint density at radius 3 is 2.03 bits per heavy atom. The predicted octanol–water partition coefficient (Wildman–Crippen LogP) is 6.75. The van der Waals surface area contributed by atoms with E-state index in [4.69, 9.17) is 9.83 Å². The molecular weight excluding hydrogens is 448 g/mol. The molecule has 1 aromatic heterocycles. The lowest BCUT2D eigenvalue weighted by atomic mass is 10.0. The van der Waals surface area contributed by atoms with Crippen LogP contribution in [-0.4, -0.2) is 30.6 Å². The SMILES string of the molecule is Cc1ccc(C(=N)C(=O)c2nc(-c3ccc(C(C)(F)F)cc3)oc2-c2ccc(N(C)C)cc2)cc1. The van der Waals surface area contributed by atoms with Gasteiger partial charge in [-0.05, 0) is 43.3 Å². The molecule has 1 heterocycles. The van der Waals surface area contributed by atoms with Crippen LogP contribution in [0.1, 0.15) is 34.1 Å². The molecular formula is C28H25F2N3O2. The Balaban J connectivity index is 1.79. The average molecular weight is 474 g/mol. The fraction of sp³-hybridized carbons (Fsp3) is 0.179. The predicted molar refractivity (Wildman–Crippen MR) is 134 cm³/mol. The maximum Gasteiger partial charge on any atom is 0.270 e. The number of nitrogens with one attached hydrogen (secondary N) is 1. The number of nitrogens with zero attached hydrogens (tertiary/aromatic N) is 2. The van der Waals surface area contributed by atoms with Crippen LogP contribution in [0.2, 0.25) is 0 Å². The monoisotopic (exact) mass is 473 g/mol. The van der Waals surface area contributed by atoms with E-state index < -0.39 is 11.7 Å². The van der Waals surface area contributed by atoms with Crippen molar-refractivity contribution < 1.29 is 18.0 Å². The molecule has 0 fully saturated rings. The molecule has 4 rings (SSSR count). The first-order valence-corrected chi connectivity index (χ1v) is 11.0. The number of halogens is 2. The molecule has 0 aliphatic rings. The second-order valence-electron chi connectivity index (χ2n) is 8.67. The van der Waals surface area contributed by atoms with Gasteiger partial charge in [-0.25, -0.2) is 13.8 Å². The van der Waals surface area contributed by atoms with Crippen molar-refractivity contribution in [3.63, 3.8) is 0 Å². The summed E-state index contributed by atoms with van der Waals surface area (Å²) in [6, 6.07) is 20.1. The Morgan fingerprint density at radius 2 is 1.49 bits per heavy atom. The molecule has 0 spiro atoms. The van der Waals surface area contributed by atoms with Gasteiger partial charge in [-0.2, -0.15) is 0 Å². The summed E-state index contributed by atoms with van der Waals surface area (Å²) < 4.78 is 33.3. The van der Waals surface area contributed by atoms with E-state index in [1.807, 2.05) is 62.3 Å².